The monoisotopic (exact) mass is 351 g/mol. The standard InChI is InChI=1S/C17H21NO5S/c1-13-11-15(21-2)16(22-3)12-17(13)24(19,20)18-9-10-23-14-7-5-4-6-8-14/h4-8,11-12,18H,9-10H2,1-3H3. The lowest BCUT2D eigenvalue weighted by atomic mass is 10.2. The van der Waals surface area contributed by atoms with Crippen LogP contribution in [0.1, 0.15) is 5.56 Å². The molecule has 0 bridgehead atoms. The molecule has 0 aliphatic rings. The van der Waals surface area contributed by atoms with Gasteiger partial charge in [-0.1, -0.05) is 18.2 Å². The summed E-state index contributed by atoms with van der Waals surface area (Å²) >= 11 is 0. The summed E-state index contributed by atoms with van der Waals surface area (Å²) < 4.78 is 43.3. The van der Waals surface area contributed by atoms with Crippen molar-refractivity contribution in [2.24, 2.45) is 0 Å². The molecule has 2 aromatic rings. The van der Waals surface area contributed by atoms with Crippen molar-refractivity contribution >= 4 is 10.0 Å². The van der Waals surface area contributed by atoms with Crippen molar-refractivity contribution in [2.75, 3.05) is 27.4 Å². The summed E-state index contributed by atoms with van der Waals surface area (Å²) in [5.74, 6) is 1.55. The Labute approximate surface area is 142 Å². The van der Waals surface area contributed by atoms with Crippen LogP contribution in [0.2, 0.25) is 0 Å². The maximum absolute atomic E-state index is 12.5. The van der Waals surface area contributed by atoms with Crippen LogP contribution in [0, 0.1) is 6.92 Å². The van der Waals surface area contributed by atoms with Crippen LogP contribution in [0.4, 0.5) is 0 Å². The van der Waals surface area contributed by atoms with Gasteiger partial charge in [0.05, 0.1) is 19.1 Å². The second-order valence-corrected chi connectivity index (χ2v) is 6.77. The van der Waals surface area contributed by atoms with Crippen molar-refractivity contribution in [3.8, 4) is 17.2 Å². The Morgan fingerprint density at radius 2 is 1.62 bits per heavy atom. The number of nitrogens with one attached hydrogen (secondary N) is 1. The Kier molecular flexibility index (Phi) is 6.05. The third-order valence-corrected chi connectivity index (χ3v) is 4.98. The molecule has 0 saturated heterocycles. The van der Waals surface area contributed by atoms with Gasteiger partial charge in [0.2, 0.25) is 10.0 Å². The molecule has 130 valence electrons. The molecule has 0 aliphatic heterocycles. The van der Waals surface area contributed by atoms with Gasteiger partial charge in [-0.15, -0.1) is 0 Å². The van der Waals surface area contributed by atoms with E-state index < -0.39 is 10.0 Å². The van der Waals surface area contributed by atoms with Gasteiger partial charge in [-0.25, -0.2) is 13.1 Å². The van der Waals surface area contributed by atoms with Gasteiger partial charge in [-0.2, -0.15) is 0 Å². The highest BCUT2D eigenvalue weighted by atomic mass is 32.2. The quantitative estimate of drug-likeness (QED) is 0.739. The van der Waals surface area contributed by atoms with Gasteiger partial charge in [-0.3, -0.25) is 0 Å². The zero-order valence-corrected chi connectivity index (χ0v) is 14.7. The van der Waals surface area contributed by atoms with E-state index >= 15 is 0 Å². The van der Waals surface area contributed by atoms with Crippen molar-refractivity contribution in [3.63, 3.8) is 0 Å². The summed E-state index contributed by atoms with van der Waals surface area (Å²) in [6.07, 6.45) is 0. The van der Waals surface area contributed by atoms with E-state index in [0.717, 1.165) is 0 Å². The Morgan fingerprint density at radius 3 is 2.25 bits per heavy atom. The Morgan fingerprint density at radius 1 is 1.00 bits per heavy atom. The van der Waals surface area contributed by atoms with Gasteiger partial charge in [0.1, 0.15) is 12.4 Å². The molecule has 7 heteroatoms. The van der Waals surface area contributed by atoms with E-state index in [1.54, 1.807) is 13.0 Å². The molecule has 0 aliphatic carbocycles. The fourth-order valence-corrected chi connectivity index (χ4v) is 3.44. The summed E-state index contributed by atoms with van der Waals surface area (Å²) in [4.78, 5) is 0.153. The molecule has 0 fully saturated rings. The zero-order chi connectivity index (χ0) is 17.6. The normalized spacial score (nSPS) is 11.1. The van der Waals surface area contributed by atoms with Gasteiger partial charge in [-0.05, 0) is 30.7 Å². The molecule has 0 spiro atoms. The van der Waals surface area contributed by atoms with E-state index in [2.05, 4.69) is 4.72 Å². The first-order valence-corrected chi connectivity index (χ1v) is 8.86. The summed E-state index contributed by atoms with van der Waals surface area (Å²) in [5.41, 5.74) is 0.573. The minimum atomic E-state index is -3.67. The minimum Gasteiger partial charge on any atom is -0.493 e. The summed E-state index contributed by atoms with van der Waals surface area (Å²) in [7, 11) is -0.701. The molecular formula is C17H21NO5S. The van der Waals surface area contributed by atoms with E-state index in [9.17, 15) is 8.42 Å². The molecule has 0 heterocycles. The van der Waals surface area contributed by atoms with E-state index in [1.807, 2.05) is 30.3 Å². The first kappa shape index (κ1) is 18.1. The maximum Gasteiger partial charge on any atom is 0.241 e. The van der Waals surface area contributed by atoms with Crippen LogP contribution >= 0.6 is 0 Å². The van der Waals surface area contributed by atoms with E-state index in [0.29, 0.717) is 22.8 Å². The van der Waals surface area contributed by atoms with E-state index in [-0.39, 0.29) is 18.0 Å². The number of sulfonamides is 1. The highest BCUT2D eigenvalue weighted by molar-refractivity contribution is 7.89. The summed E-state index contributed by atoms with van der Waals surface area (Å²) in [5, 5.41) is 0. The van der Waals surface area contributed by atoms with Crippen LogP contribution in [0.3, 0.4) is 0 Å². The third kappa shape index (κ3) is 4.39. The molecule has 0 atom stereocenters. The lowest BCUT2D eigenvalue weighted by Crippen LogP contribution is -2.28. The molecule has 2 rings (SSSR count). The highest BCUT2D eigenvalue weighted by Gasteiger charge is 2.20. The number of para-hydroxylation sites is 1. The SMILES string of the molecule is COc1cc(C)c(S(=O)(=O)NCCOc2ccccc2)cc1OC. The van der Waals surface area contributed by atoms with Crippen LogP contribution < -0.4 is 18.9 Å². The molecule has 6 nitrogen and oxygen atoms in total. The lowest BCUT2D eigenvalue weighted by molar-refractivity contribution is 0.323. The third-order valence-electron chi connectivity index (χ3n) is 3.38. The Bertz CT molecular complexity index is 775. The van der Waals surface area contributed by atoms with E-state index in [4.69, 9.17) is 14.2 Å². The van der Waals surface area contributed by atoms with Crippen molar-refractivity contribution in [2.45, 2.75) is 11.8 Å². The van der Waals surface area contributed by atoms with Crippen LogP contribution in [0.15, 0.2) is 47.4 Å². The average molecular weight is 351 g/mol. The first-order valence-electron chi connectivity index (χ1n) is 7.38. The Balaban J connectivity index is 2.04. The second-order valence-electron chi connectivity index (χ2n) is 5.03. The number of hydrogen-bond donors (Lipinski definition) is 1. The minimum absolute atomic E-state index is 0.153. The second kappa shape index (κ2) is 8.03. The fourth-order valence-electron chi connectivity index (χ4n) is 2.19. The maximum atomic E-state index is 12.5. The van der Waals surface area contributed by atoms with Gasteiger partial charge in [0.15, 0.2) is 11.5 Å². The molecule has 0 radical (unpaired) electrons. The smallest absolute Gasteiger partial charge is 0.241 e. The molecule has 2 aromatic carbocycles. The largest absolute Gasteiger partial charge is 0.493 e. The molecule has 24 heavy (non-hydrogen) atoms. The summed E-state index contributed by atoms with van der Waals surface area (Å²) in [6, 6.07) is 12.3. The molecular weight excluding hydrogens is 330 g/mol. The molecule has 0 amide bonds. The summed E-state index contributed by atoms with van der Waals surface area (Å²) in [6.45, 7) is 2.09. The number of methoxy groups -OCH3 is 2. The highest BCUT2D eigenvalue weighted by Crippen LogP contribution is 2.32. The number of aryl methyl sites for hydroxylation is 1. The predicted molar refractivity (Wildman–Crippen MR) is 91.4 cm³/mol. The van der Waals surface area contributed by atoms with Gasteiger partial charge in [0.25, 0.3) is 0 Å². The average Bonchev–Trinajstić information content (AvgIpc) is 2.59. The number of benzene rings is 2. The first-order chi connectivity index (χ1) is 11.5. The van der Waals surface area contributed by atoms with Gasteiger partial charge in [0, 0.05) is 12.6 Å². The topological polar surface area (TPSA) is 73.9 Å². The predicted octanol–water partition coefficient (Wildman–Crippen LogP) is 2.37. The van der Waals surface area contributed by atoms with Crippen LogP contribution in [0.25, 0.3) is 0 Å². The van der Waals surface area contributed by atoms with Crippen LogP contribution in [0.5, 0.6) is 17.2 Å². The van der Waals surface area contributed by atoms with Crippen molar-refractivity contribution in [1.29, 1.82) is 0 Å². The van der Waals surface area contributed by atoms with Crippen molar-refractivity contribution in [3.05, 3.63) is 48.0 Å². The lowest BCUT2D eigenvalue weighted by Gasteiger charge is -2.14. The molecule has 0 unspecified atom stereocenters. The van der Waals surface area contributed by atoms with Crippen molar-refractivity contribution in [1.82, 2.24) is 4.72 Å². The van der Waals surface area contributed by atoms with Gasteiger partial charge >= 0.3 is 0 Å². The van der Waals surface area contributed by atoms with Crippen LogP contribution in [-0.2, 0) is 10.0 Å². The molecule has 0 aromatic heterocycles. The molecule has 0 saturated carbocycles. The number of ether oxygens (including phenoxy) is 3. The molecule has 1 N–H and O–H groups in total. The number of rotatable bonds is 8. The number of hydrogen-bond acceptors (Lipinski definition) is 5. The zero-order valence-electron chi connectivity index (χ0n) is 13.9. The van der Waals surface area contributed by atoms with Crippen LogP contribution in [-0.4, -0.2) is 35.8 Å². The van der Waals surface area contributed by atoms with Crippen molar-refractivity contribution < 1.29 is 22.6 Å². The van der Waals surface area contributed by atoms with E-state index in [1.165, 1.54) is 20.3 Å². The van der Waals surface area contributed by atoms with Gasteiger partial charge < -0.3 is 14.2 Å². The Hall–Kier alpha value is -2.25. The fraction of sp³-hybridized carbons (Fsp3) is 0.294.